The number of nitrogens with two attached hydrogens (primary N) is 1. The van der Waals surface area contributed by atoms with Crippen molar-refractivity contribution in [2.24, 2.45) is 11.7 Å². The van der Waals surface area contributed by atoms with Gasteiger partial charge in [-0.1, -0.05) is 56.3 Å². The number of rotatable bonds is 8. The minimum atomic E-state index is -0.492. The molecular weight excluding hydrogens is 552 g/mol. The van der Waals surface area contributed by atoms with Gasteiger partial charge in [-0.25, -0.2) is 4.98 Å². The van der Waals surface area contributed by atoms with E-state index in [0.29, 0.717) is 29.1 Å². The first-order chi connectivity index (χ1) is 20.9. The van der Waals surface area contributed by atoms with Gasteiger partial charge in [0.2, 0.25) is 0 Å². The Bertz CT molecular complexity index is 1880. The lowest BCUT2D eigenvalue weighted by Crippen LogP contribution is -2.26. The highest BCUT2D eigenvalue weighted by Crippen LogP contribution is 2.39. The Balaban J connectivity index is 1.27. The number of thiophene rings is 1. The fourth-order valence-electron chi connectivity index (χ4n) is 6.88. The maximum atomic E-state index is 13.4. The topological polar surface area (TPSA) is 90.0 Å². The minimum absolute atomic E-state index is 0.00829. The van der Waals surface area contributed by atoms with Crippen molar-refractivity contribution >= 4 is 34.2 Å². The zero-order valence-corrected chi connectivity index (χ0v) is 25.5. The molecule has 2 aliphatic carbocycles. The molecule has 0 spiro atoms. The van der Waals surface area contributed by atoms with Crippen molar-refractivity contribution in [1.82, 2.24) is 14.9 Å². The van der Waals surface area contributed by atoms with Gasteiger partial charge in [0.15, 0.2) is 0 Å². The predicted molar refractivity (Wildman–Crippen MR) is 173 cm³/mol. The van der Waals surface area contributed by atoms with E-state index in [0.717, 1.165) is 47.2 Å². The number of carbonyl (C=O) groups excluding carboxylic acids is 2. The number of hydrogen-bond acceptors (Lipinski definition) is 4. The van der Waals surface area contributed by atoms with E-state index in [9.17, 15) is 9.59 Å². The Morgan fingerprint density at radius 2 is 1.86 bits per heavy atom. The van der Waals surface area contributed by atoms with Crippen molar-refractivity contribution in [2.45, 2.75) is 65.0 Å². The van der Waals surface area contributed by atoms with Gasteiger partial charge in [-0.3, -0.25) is 9.59 Å². The molecule has 3 heterocycles. The smallest absolute Gasteiger partial charge is 0.261 e. The highest BCUT2D eigenvalue weighted by Gasteiger charge is 2.27. The third-order valence-electron chi connectivity index (χ3n) is 8.86. The third kappa shape index (κ3) is 5.16. The first-order valence-corrected chi connectivity index (χ1v) is 16.1. The van der Waals surface area contributed by atoms with Crippen molar-refractivity contribution < 1.29 is 9.59 Å². The summed E-state index contributed by atoms with van der Waals surface area (Å²) in [4.78, 5) is 33.0. The van der Waals surface area contributed by atoms with Crippen LogP contribution in [0, 0.1) is 5.92 Å². The monoisotopic (exact) mass is 588 g/mol. The van der Waals surface area contributed by atoms with E-state index >= 15 is 0 Å². The van der Waals surface area contributed by atoms with E-state index in [1.54, 1.807) is 0 Å². The Morgan fingerprint density at radius 3 is 2.70 bits per heavy atom. The molecule has 0 saturated carbocycles. The van der Waals surface area contributed by atoms with Gasteiger partial charge in [0.25, 0.3) is 11.8 Å². The number of nitrogens with zero attached hydrogens (tertiary/aromatic N) is 2. The van der Waals surface area contributed by atoms with E-state index in [4.69, 9.17) is 10.7 Å². The largest absolute Gasteiger partial charge is 0.366 e. The van der Waals surface area contributed by atoms with Crippen LogP contribution in [0.4, 0.5) is 0 Å². The highest BCUT2D eigenvalue weighted by molar-refractivity contribution is 7.17. The van der Waals surface area contributed by atoms with Crippen molar-refractivity contribution in [3.63, 3.8) is 0 Å². The van der Waals surface area contributed by atoms with E-state index < -0.39 is 5.91 Å². The van der Waals surface area contributed by atoms with Crippen LogP contribution in [0.15, 0.2) is 66.9 Å². The molecule has 0 aliphatic heterocycles. The number of pyridine rings is 1. The SMILES string of the molecule is CC(C)Cc1nc2c(ccn2Cc2ccc3c(c2)CCC3)c(-c2ccc(C(=O)NC3CCc4ccccc43)s2)c1C(N)=O. The molecule has 218 valence electrons. The summed E-state index contributed by atoms with van der Waals surface area (Å²) in [6.07, 6.45) is 8.07. The number of fused-ring (bicyclic) bond motifs is 3. The second-order valence-corrected chi connectivity index (χ2v) is 13.4. The maximum Gasteiger partial charge on any atom is 0.261 e. The summed E-state index contributed by atoms with van der Waals surface area (Å²) in [5.41, 5.74) is 15.5. The molecule has 6 nitrogen and oxygen atoms in total. The average molecular weight is 589 g/mol. The van der Waals surface area contributed by atoms with Crippen LogP contribution < -0.4 is 11.1 Å². The molecule has 7 heteroatoms. The van der Waals surface area contributed by atoms with Gasteiger partial charge in [0.05, 0.1) is 22.2 Å². The first-order valence-electron chi connectivity index (χ1n) is 15.3. The molecule has 5 aromatic rings. The standard InChI is InChI=1S/C36H36N4O2S/c1-21(2)18-29-33(34(37)41)32(27-16-17-40(35(27)38-29)20-22-10-11-23-7-5-8-25(23)19-22)30-14-15-31(43-30)36(42)39-28-13-12-24-6-3-4-9-26(24)28/h3-4,6,9-11,14-17,19,21,28H,5,7-8,12-13,18,20H2,1-2H3,(H2,37,41)(H,39,42). The van der Waals surface area contributed by atoms with Crippen LogP contribution in [0.5, 0.6) is 0 Å². The van der Waals surface area contributed by atoms with Gasteiger partial charge in [0.1, 0.15) is 5.65 Å². The van der Waals surface area contributed by atoms with Gasteiger partial charge in [0, 0.05) is 28.6 Å². The number of benzene rings is 2. The lowest BCUT2D eigenvalue weighted by atomic mass is 9.96. The third-order valence-corrected chi connectivity index (χ3v) is 9.96. The average Bonchev–Trinajstić information content (AvgIpc) is 3.79. The molecule has 3 N–H and O–H groups in total. The van der Waals surface area contributed by atoms with Crippen molar-refractivity contribution in [3.05, 3.63) is 111 Å². The lowest BCUT2D eigenvalue weighted by Gasteiger charge is -2.16. The quantitative estimate of drug-likeness (QED) is 0.204. The summed E-state index contributed by atoms with van der Waals surface area (Å²) in [6, 6.07) is 21.0. The van der Waals surface area contributed by atoms with Crippen LogP contribution in [0.2, 0.25) is 0 Å². The number of primary amides is 1. The zero-order chi connectivity index (χ0) is 29.7. The molecule has 0 fully saturated rings. The number of nitrogens with one attached hydrogen (secondary N) is 1. The van der Waals surface area contributed by atoms with Crippen molar-refractivity contribution in [3.8, 4) is 10.4 Å². The van der Waals surface area contributed by atoms with Crippen LogP contribution >= 0.6 is 11.3 Å². The number of aromatic nitrogens is 2. The Labute approximate surface area is 256 Å². The summed E-state index contributed by atoms with van der Waals surface area (Å²) >= 11 is 1.40. The van der Waals surface area contributed by atoms with E-state index in [-0.39, 0.29) is 17.9 Å². The molecule has 2 amide bonds. The zero-order valence-electron chi connectivity index (χ0n) is 24.7. The minimum Gasteiger partial charge on any atom is -0.366 e. The van der Waals surface area contributed by atoms with E-state index in [1.165, 1.54) is 45.6 Å². The van der Waals surface area contributed by atoms with Gasteiger partial charge in [-0.05, 0) is 90.5 Å². The normalized spacial score (nSPS) is 15.7. The van der Waals surface area contributed by atoms with Crippen LogP contribution in [-0.4, -0.2) is 21.4 Å². The number of hydrogen-bond donors (Lipinski definition) is 2. The molecule has 2 aliphatic rings. The van der Waals surface area contributed by atoms with Gasteiger partial charge >= 0.3 is 0 Å². The van der Waals surface area contributed by atoms with Crippen LogP contribution in [-0.2, 0) is 32.2 Å². The molecule has 43 heavy (non-hydrogen) atoms. The molecule has 1 unspecified atom stereocenters. The molecule has 0 bridgehead atoms. The van der Waals surface area contributed by atoms with Crippen LogP contribution in [0.25, 0.3) is 21.5 Å². The summed E-state index contributed by atoms with van der Waals surface area (Å²) < 4.78 is 2.17. The summed E-state index contributed by atoms with van der Waals surface area (Å²) in [5, 5.41) is 4.12. The molecule has 0 radical (unpaired) electrons. The molecule has 1 atom stereocenters. The van der Waals surface area contributed by atoms with Crippen molar-refractivity contribution in [2.75, 3.05) is 0 Å². The summed E-state index contributed by atoms with van der Waals surface area (Å²) in [7, 11) is 0. The number of aryl methyl sites for hydroxylation is 3. The first kappa shape index (κ1) is 27.6. The second kappa shape index (κ2) is 11.1. The highest BCUT2D eigenvalue weighted by atomic mass is 32.1. The van der Waals surface area contributed by atoms with E-state index in [2.05, 4.69) is 60.3 Å². The molecular formula is C36H36N4O2S. The molecule has 0 saturated heterocycles. The second-order valence-electron chi connectivity index (χ2n) is 12.3. The van der Waals surface area contributed by atoms with Crippen LogP contribution in [0.3, 0.4) is 0 Å². The fourth-order valence-corrected chi connectivity index (χ4v) is 7.86. The maximum absolute atomic E-state index is 13.4. The van der Waals surface area contributed by atoms with Crippen molar-refractivity contribution in [1.29, 1.82) is 0 Å². The predicted octanol–water partition coefficient (Wildman–Crippen LogP) is 7.02. The van der Waals surface area contributed by atoms with Gasteiger partial charge in [-0.15, -0.1) is 11.3 Å². The van der Waals surface area contributed by atoms with E-state index in [1.807, 2.05) is 30.3 Å². The van der Waals surface area contributed by atoms with Gasteiger partial charge in [-0.2, -0.15) is 0 Å². The Hall–Kier alpha value is -4.23. The summed E-state index contributed by atoms with van der Waals surface area (Å²) in [6.45, 7) is 4.94. The number of carbonyl (C=O) groups is 2. The Morgan fingerprint density at radius 1 is 1.02 bits per heavy atom. The fraction of sp³-hybridized carbons (Fsp3) is 0.306. The summed E-state index contributed by atoms with van der Waals surface area (Å²) in [5.74, 6) is -0.302. The van der Waals surface area contributed by atoms with Gasteiger partial charge < -0.3 is 15.6 Å². The lowest BCUT2D eigenvalue weighted by molar-refractivity contribution is 0.0939. The molecule has 7 rings (SSSR count). The molecule has 3 aromatic heterocycles. The Kier molecular flexibility index (Phi) is 7.14. The number of amides is 2. The molecule has 2 aromatic carbocycles. The van der Waals surface area contributed by atoms with Crippen LogP contribution in [0.1, 0.15) is 86.3 Å².